The van der Waals surface area contributed by atoms with Crippen LogP contribution < -0.4 is 15.4 Å². The van der Waals surface area contributed by atoms with Crippen LogP contribution in [0.25, 0.3) is 0 Å². The molecule has 0 bridgehead atoms. The fourth-order valence-electron chi connectivity index (χ4n) is 2.40. The van der Waals surface area contributed by atoms with Crippen molar-refractivity contribution in [1.82, 2.24) is 0 Å². The lowest BCUT2D eigenvalue weighted by Gasteiger charge is -2.32. The molecular weight excluding hydrogens is 252 g/mol. The molecule has 2 N–H and O–H groups in total. The topological polar surface area (TPSA) is 55.6 Å². The molecule has 0 saturated heterocycles. The molecule has 0 aliphatic carbocycles. The molecular formula is C16H16N2O2. The molecule has 102 valence electrons. The molecule has 1 aliphatic heterocycles. The summed E-state index contributed by atoms with van der Waals surface area (Å²) in [5.74, 6) is 0.624. The Balaban J connectivity index is 1.89. The molecule has 20 heavy (non-hydrogen) atoms. The van der Waals surface area contributed by atoms with E-state index >= 15 is 0 Å². The molecule has 2 aromatic rings. The number of amides is 1. The van der Waals surface area contributed by atoms with Crippen LogP contribution in [0.2, 0.25) is 0 Å². The van der Waals surface area contributed by atoms with Gasteiger partial charge in [0.2, 0.25) is 0 Å². The lowest BCUT2D eigenvalue weighted by Crippen LogP contribution is -2.44. The Bertz CT molecular complexity index is 640. The minimum absolute atomic E-state index is 0.0360. The molecule has 1 amide bonds. The van der Waals surface area contributed by atoms with Crippen molar-refractivity contribution in [2.24, 2.45) is 0 Å². The highest BCUT2D eigenvalue weighted by Crippen LogP contribution is 2.35. The van der Waals surface area contributed by atoms with Gasteiger partial charge in [-0.3, -0.25) is 4.79 Å². The number of hydrogen-bond donors (Lipinski definition) is 1. The first-order chi connectivity index (χ1) is 9.65. The third-order valence-corrected chi connectivity index (χ3v) is 3.48. The maximum atomic E-state index is 12.3. The summed E-state index contributed by atoms with van der Waals surface area (Å²) >= 11 is 0. The van der Waals surface area contributed by atoms with Gasteiger partial charge >= 0.3 is 0 Å². The average molecular weight is 268 g/mol. The molecule has 0 aromatic heterocycles. The van der Waals surface area contributed by atoms with Crippen LogP contribution in [0.15, 0.2) is 48.5 Å². The van der Waals surface area contributed by atoms with Crippen molar-refractivity contribution >= 4 is 17.3 Å². The van der Waals surface area contributed by atoms with Gasteiger partial charge in [0.05, 0.1) is 5.69 Å². The maximum absolute atomic E-state index is 12.3. The third kappa shape index (κ3) is 2.20. The summed E-state index contributed by atoms with van der Waals surface area (Å²) in [7, 11) is 1.76. The monoisotopic (exact) mass is 268 g/mol. The van der Waals surface area contributed by atoms with Gasteiger partial charge in [-0.05, 0) is 17.7 Å². The fourth-order valence-corrected chi connectivity index (χ4v) is 2.40. The fraction of sp³-hybridized carbons (Fsp3) is 0.188. The summed E-state index contributed by atoms with van der Waals surface area (Å²) in [6.45, 7) is 0. The Labute approximate surface area is 117 Å². The van der Waals surface area contributed by atoms with Crippen molar-refractivity contribution < 1.29 is 9.53 Å². The van der Waals surface area contributed by atoms with E-state index < -0.39 is 6.10 Å². The number of carbonyl (C=O) groups excluding carboxylic acids is 1. The molecule has 2 aromatic carbocycles. The van der Waals surface area contributed by atoms with E-state index in [9.17, 15) is 4.79 Å². The number of nitrogen functional groups attached to an aromatic ring is 1. The van der Waals surface area contributed by atoms with Crippen LogP contribution in [0, 0.1) is 0 Å². The number of ether oxygens (including phenoxy) is 1. The van der Waals surface area contributed by atoms with Gasteiger partial charge in [-0.15, -0.1) is 0 Å². The second-order valence-electron chi connectivity index (χ2n) is 4.92. The van der Waals surface area contributed by atoms with Gasteiger partial charge in [-0.2, -0.15) is 0 Å². The number of rotatable bonds is 2. The molecule has 0 spiro atoms. The van der Waals surface area contributed by atoms with Crippen molar-refractivity contribution in [3.63, 3.8) is 0 Å². The van der Waals surface area contributed by atoms with E-state index in [0.29, 0.717) is 17.9 Å². The minimum Gasteiger partial charge on any atom is -0.478 e. The summed E-state index contributed by atoms with van der Waals surface area (Å²) in [5, 5.41) is 0. The smallest absolute Gasteiger partial charge is 0.268 e. The van der Waals surface area contributed by atoms with Gasteiger partial charge in [0.15, 0.2) is 6.10 Å². The first kappa shape index (κ1) is 12.5. The van der Waals surface area contributed by atoms with Gasteiger partial charge in [0.25, 0.3) is 5.91 Å². The van der Waals surface area contributed by atoms with Crippen molar-refractivity contribution in [3.8, 4) is 5.75 Å². The molecule has 0 radical (unpaired) electrons. The number of benzene rings is 2. The highest BCUT2D eigenvalue weighted by molar-refractivity contribution is 6.00. The molecule has 1 heterocycles. The van der Waals surface area contributed by atoms with Gasteiger partial charge in [-0.25, -0.2) is 0 Å². The Kier molecular flexibility index (Phi) is 3.06. The molecule has 4 heteroatoms. The summed E-state index contributed by atoms with van der Waals surface area (Å²) in [5.41, 5.74) is 8.24. The van der Waals surface area contributed by atoms with Crippen molar-refractivity contribution in [3.05, 3.63) is 54.1 Å². The van der Waals surface area contributed by atoms with Crippen LogP contribution in [-0.2, 0) is 11.2 Å². The van der Waals surface area contributed by atoms with Crippen LogP contribution in [0.3, 0.4) is 0 Å². The Morgan fingerprint density at radius 2 is 1.95 bits per heavy atom. The molecule has 0 saturated carbocycles. The molecule has 1 aliphatic rings. The highest BCUT2D eigenvalue weighted by Gasteiger charge is 2.32. The SMILES string of the molecule is CN1C(=O)C(Cc2ccccc2)Oc2cc(N)ccc21. The molecule has 1 atom stereocenters. The van der Waals surface area contributed by atoms with Crippen LogP contribution >= 0.6 is 0 Å². The number of hydrogen-bond acceptors (Lipinski definition) is 3. The van der Waals surface area contributed by atoms with Crippen molar-refractivity contribution in [2.45, 2.75) is 12.5 Å². The average Bonchev–Trinajstić information content (AvgIpc) is 2.45. The maximum Gasteiger partial charge on any atom is 0.268 e. The Morgan fingerprint density at radius 1 is 1.20 bits per heavy atom. The van der Waals surface area contributed by atoms with Crippen LogP contribution in [0.4, 0.5) is 11.4 Å². The van der Waals surface area contributed by atoms with Crippen molar-refractivity contribution in [1.29, 1.82) is 0 Å². The lowest BCUT2D eigenvalue weighted by molar-refractivity contribution is -0.125. The zero-order valence-electron chi connectivity index (χ0n) is 11.2. The van der Waals surface area contributed by atoms with Crippen LogP contribution in [0.1, 0.15) is 5.56 Å². The van der Waals surface area contributed by atoms with Gasteiger partial charge in [0, 0.05) is 25.2 Å². The van der Waals surface area contributed by atoms with Gasteiger partial charge < -0.3 is 15.4 Å². The van der Waals surface area contributed by atoms with Gasteiger partial charge in [-0.1, -0.05) is 30.3 Å². The van der Waals surface area contributed by atoms with E-state index in [4.69, 9.17) is 10.5 Å². The number of likely N-dealkylation sites (N-methyl/N-ethyl adjacent to an activating group) is 1. The van der Waals surface area contributed by atoms with E-state index in [2.05, 4.69) is 0 Å². The number of fused-ring (bicyclic) bond motifs is 1. The Morgan fingerprint density at radius 3 is 2.70 bits per heavy atom. The molecule has 3 rings (SSSR count). The molecule has 0 fully saturated rings. The third-order valence-electron chi connectivity index (χ3n) is 3.48. The van der Waals surface area contributed by atoms with E-state index in [1.807, 2.05) is 30.3 Å². The second kappa shape index (κ2) is 4.89. The lowest BCUT2D eigenvalue weighted by atomic mass is 10.0. The van der Waals surface area contributed by atoms with Crippen molar-refractivity contribution in [2.75, 3.05) is 17.7 Å². The highest BCUT2D eigenvalue weighted by atomic mass is 16.5. The molecule has 1 unspecified atom stereocenters. The normalized spacial score (nSPS) is 17.6. The first-order valence-corrected chi connectivity index (χ1v) is 6.53. The second-order valence-corrected chi connectivity index (χ2v) is 4.92. The summed E-state index contributed by atoms with van der Waals surface area (Å²) in [6.07, 6.45) is 0.0508. The molecule has 4 nitrogen and oxygen atoms in total. The standard InChI is InChI=1S/C16H16N2O2/c1-18-13-8-7-12(17)10-14(13)20-15(16(18)19)9-11-5-3-2-4-6-11/h2-8,10,15H,9,17H2,1H3. The van der Waals surface area contributed by atoms with E-state index in [1.54, 1.807) is 30.1 Å². The van der Waals surface area contributed by atoms with E-state index in [-0.39, 0.29) is 5.91 Å². The van der Waals surface area contributed by atoms with Crippen LogP contribution in [-0.4, -0.2) is 19.1 Å². The first-order valence-electron chi connectivity index (χ1n) is 6.53. The number of nitrogens with zero attached hydrogens (tertiary/aromatic N) is 1. The van der Waals surface area contributed by atoms with E-state index in [1.165, 1.54) is 0 Å². The quantitative estimate of drug-likeness (QED) is 0.850. The zero-order valence-corrected chi connectivity index (χ0v) is 11.2. The zero-order chi connectivity index (χ0) is 14.1. The largest absolute Gasteiger partial charge is 0.478 e. The van der Waals surface area contributed by atoms with Gasteiger partial charge in [0.1, 0.15) is 5.75 Å². The summed E-state index contributed by atoms with van der Waals surface area (Å²) in [4.78, 5) is 14.0. The minimum atomic E-state index is -0.503. The predicted molar refractivity (Wildman–Crippen MR) is 78.8 cm³/mol. The number of carbonyl (C=O) groups is 1. The van der Waals surface area contributed by atoms with E-state index in [0.717, 1.165) is 11.3 Å². The summed E-state index contributed by atoms with van der Waals surface area (Å²) in [6, 6.07) is 15.2. The van der Waals surface area contributed by atoms with Crippen LogP contribution in [0.5, 0.6) is 5.75 Å². The number of anilines is 2. The predicted octanol–water partition coefficient (Wildman–Crippen LogP) is 2.24. The summed E-state index contributed by atoms with van der Waals surface area (Å²) < 4.78 is 5.83. The number of nitrogens with two attached hydrogens (primary N) is 1. The Hall–Kier alpha value is -2.49.